The van der Waals surface area contributed by atoms with Crippen molar-refractivity contribution in [1.29, 1.82) is 0 Å². The van der Waals surface area contributed by atoms with E-state index in [9.17, 15) is 0 Å². The minimum Gasteiger partial charge on any atom is -0.306 e. The maximum Gasteiger partial charge on any atom is -0.00164 e. The van der Waals surface area contributed by atoms with Gasteiger partial charge in [0.1, 0.15) is 0 Å². The lowest BCUT2D eigenvalue weighted by atomic mass is 9.80. The highest BCUT2D eigenvalue weighted by Crippen LogP contribution is 2.65. The number of hydrogen-bond donors (Lipinski definition) is 0. The van der Waals surface area contributed by atoms with Crippen LogP contribution in [0.4, 0.5) is 0 Å². The molecule has 1 heterocycles. The molecule has 2 fully saturated rings. The zero-order valence-corrected chi connectivity index (χ0v) is 9.56. The molecule has 0 aromatic heterocycles. The Labute approximate surface area is 82.5 Å². The summed E-state index contributed by atoms with van der Waals surface area (Å²) in [7, 11) is 2.25. The smallest absolute Gasteiger partial charge is 0.00164 e. The molecule has 1 unspecified atom stereocenters. The van der Waals surface area contributed by atoms with Crippen LogP contribution >= 0.6 is 0 Å². The molecule has 1 saturated carbocycles. The van der Waals surface area contributed by atoms with Crippen LogP contribution < -0.4 is 0 Å². The fourth-order valence-electron chi connectivity index (χ4n) is 3.19. The van der Waals surface area contributed by atoms with Gasteiger partial charge in [0.05, 0.1) is 0 Å². The minimum atomic E-state index is 0.551. The van der Waals surface area contributed by atoms with Gasteiger partial charge >= 0.3 is 0 Å². The van der Waals surface area contributed by atoms with E-state index in [1.54, 1.807) is 0 Å². The zero-order chi connectivity index (χ0) is 9.69. The summed E-state index contributed by atoms with van der Waals surface area (Å²) in [5.41, 5.74) is 1.32. The summed E-state index contributed by atoms with van der Waals surface area (Å²) in [5.74, 6) is 1.01. The SMILES string of the molecule is CN1CCC2(CC1)CC2C(C)(C)C. The van der Waals surface area contributed by atoms with Gasteiger partial charge in [-0.05, 0) is 56.1 Å². The van der Waals surface area contributed by atoms with Gasteiger partial charge in [0.15, 0.2) is 0 Å². The van der Waals surface area contributed by atoms with Gasteiger partial charge in [0, 0.05) is 0 Å². The summed E-state index contributed by atoms with van der Waals surface area (Å²) in [6.07, 6.45) is 4.40. The minimum absolute atomic E-state index is 0.551. The number of piperidine rings is 1. The molecule has 1 atom stereocenters. The van der Waals surface area contributed by atoms with Gasteiger partial charge in [0.25, 0.3) is 0 Å². The van der Waals surface area contributed by atoms with Gasteiger partial charge in [-0.25, -0.2) is 0 Å². The first-order valence-corrected chi connectivity index (χ1v) is 5.63. The zero-order valence-electron chi connectivity index (χ0n) is 9.56. The molecule has 0 radical (unpaired) electrons. The highest BCUT2D eigenvalue weighted by molar-refractivity contribution is 5.08. The van der Waals surface area contributed by atoms with E-state index in [0.29, 0.717) is 5.41 Å². The summed E-state index contributed by atoms with van der Waals surface area (Å²) < 4.78 is 0. The first-order chi connectivity index (χ1) is 5.94. The normalized spacial score (nSPS) is 33.7. The number of rotatable bonds is 0. The highest BCUT2D eigenvalue weighted by atomic mass is 15.1. The van der Waals surface area contributed by atoms with E-state index in [-0.39, 0.29) is 0 Å². The summed E-state index contributed by atoms with van der Waals surface area (Å²) in [6, 6.07) is 0. The molecular weight excluding hydrogens is 158 g/mol. The lowest BCUT2D eigenvalue weighted by Crippen LogP contribution is -2.33. The third-order valence-electron chi connectivity index (χ3n) is 4.22. The van der Waals surface area contributed by atoms with Crippen LogP contribution in [-0.2, 0) is 0 Å². The number of hydrogen-bond acceptors (Lipinski definition) is 1. The summed E-state index contributed by atoms with van der Waals surface area (Å²) in [6.45, 7) is 9.87. The van der Waals surface area contributed by atoms with Crippen molar-refractivity contribution in [3.8, 4) is 0 Å². The molecule has 2 rings (SSSR count). The molecule has 76 valence electrons. The second-order valence-electron chi connectivity index (χ2n) is 6.29. The first kappa shape index (κ1) is 9.51. The molecule has 13 heavy (non-hydrogen) atoms. The molecular formula is C12H23N. The quantitative estimate of drug-likeness (QED) is 0.555. The Morgan fingerprint density at radius 2 is 1.69 bits per heavy atom. The molecule has 1 aliphatic carbocycles. The maximum absolute atomic E-state index is 2.48. The Hall–Kier alpha value is -0.0400. The van der Waals surface area contributed by atoms with E-state index < -0.39 is 0 Å². The van der Waals surface area contributed by atoms with Crippen molar-refractivity contribution in [2.24, 2.45) is 16.7 Å². The van der Waals surface area contributed by atoms with Crippen molar-refractivity contribution in [2.75, 3.05) is 20.1 Å². The van der Waals surface area contributed by atoms with Crippen molar-refractivity contribution in [1.82, 2.24) is 4.90 Å². The summed E-state index contributed by atoms with van der Waals surface area (Å²) in [5, 5.41) is 0. The Bertz CT molecular complexity index is 194. The summed E-state index contributed by atoms with van der Waals surface area (Å²) >= 11 is 0. The molecule has 1 spiro atoms. The standard InChI is InChI=1S/C12H23N/c1-11(2,3)10-9-12(10)5-7-13(4)8-6-12/h10H,5-9H2,1-4H3. The molecule has 1 saturated heterocycles. The van der Waals surface area contributed by atoms with Crippen LogP contribution in [0.5, 0.6) is 0 Å². The van der Waals surface area contributed by atoms with Gasteiger partial charge < -0.3 is 4.90 Å². The van der Waals surface area contributed by atoms with E-state index in [1.165, 1.54) is 32.4 Å². The maximum atomic E-state index is 2.48. The molecule has 1 heteroatoms. The molecule has 0 N–H and O–H groups in total. The van der Waals surface area contributed by atoms with Crippen LogP contribution in [0.2, 0.25) is 0 Å². The average molecular weight is 181 g/mol. The predicted octanol–water partition coefficient (Wildman–Crippen LogP) is 2.76. The van der Waals surface area contributed by atoms with E-state index in [4.69, 9.17) is 0 Å². The van der Waals surface area contributed by atoms with Gasteiger partial charge in [-0.1, -0.05) is 20.8 Å². The second kappa shape index (κ2) is 2.73. The van der Waals surface area contributed by atoms with E-state index in [1.807, 2.05) is 0 Å². The van der Waals surface area contributed by atoms with E-state index >= 15 is 0 Å². The fourth-order valence-corrected chi connectivity index (χ4v) is 3.19. The molecule has 0 aromatic rings. The lowest BCUT2D eigenvalue weighted by Gasteiger charge is -2.32. The van der Waals surface area contributed by atoms with Crippen LogP contribution in [0.15, 0.2) is 0 Å². The van der Waals surface area contributed by atoms with Crippen molar-refractivity contribution < 1.29 is 0 Å². The lowest BCUT2D eigenvalue weighted by molar-refractivity contribution is 0.164. The van der Waals surface area contributed by atoms with E-state index in [2.05, 4.69) is 32.7 Å². The number of likely N-dealkylation sites (tertiary alicyclic amines) is 1. The van der Waals surface area contributed by atoms with Crippen molar-refractivity contribution in [3.63, 3.8) is 0 Å². The number of nitrogens with zero attached hydrogens (tertiary/aromatic N) is 1. The second-order valence-corrected chi connectivity index (χ2v) is 6.29. The van der Waals surface area contributed by atoms with Crippen molar-refractivity contribution >= 4 is 0 Å². The van der Waals surface area contributed by atoms with Crippen LogP contribution in [0, 0.1) is 16.7 Å². The third kappa shape index (κ3) is 1.63. The highest BCUT2D eigenvalue weighted by Gasteiger charge is 2.58. The topological polar surface area (TPSA) is 3.24 Å². The molecule has 0 bridgehead atoms. The van der Waals surface area contributed by atoms with Crippen molar-refractivity contribution in [3.05, 3.63) is 0 Å². The largest absolute Gasteiger partial charge is 0.306 e. The third-order valence-corrected chi connectivity index (χ3v) is 4.22. The van der Waals surface area contributed by atoms with Gasteiger partial charge in [-0.2, -0.15) is 0 Å². The molecule has 1 aliphatic heterocycles. The Morgan fingerprint density at radius 3 is 2.08 bits per heavy atom. The Kier molecular flexibility index (Phi) is 1.99. The van der Waals surface area contributed by atoms with Gasteiger partial charge in [-0.15, -0.1) is 0 Å². The van der Waals surface area contributed by atoms with Crippen LogP contribution in [-0.4, -0.2) is 25.0 Å². The van der Waals surface area contributed by atoms with E-state index in [0.717, 1.165) is 11.3 Å². The first-order valence-electron chi connectivity index (χ1n) is 5.63. The summed E-state index contributed by atoms with van der Waals surface area (Å²) in [4.78, 5) is 2.48. The monoisotopic (exact) mass is 181 g/mol. The molecule has 0 aromatic carbocycles. The van der Waals surface area contributed by atoms with Gasteiger partial charge in [0.2, 0.25) is 0 Å². The van der Waals surface area contributed by atoms with Crippen LogP contribution in [0.3, 0.4) is 0 Å². The molecule has 2 aliphatic rings. The van der Waals surface area contributed by atoms with Crippen molar-refractivity contribution in [2.45, 2.75) is 40.0 Å². The average Bonchev–Trinajstić information content (AvgIpc) is 2.71. The predicted molar refractivity (Wildman–Crippen MR) is 56.7 cm³/mol. The molecule has 0 amide bonds. The fraction of sp³-hybridized carbons (Fsp3) is 1.00. The Morgan fingerprint density at radius 1 is 1.15 bits per heavy atom. The molecule has 1 nitrogen and oxygen atoms in total. The Balaban J connectivity index is 1.96. The van der Waals surface area contributed by atoms with Crippen LogP contribution in [0.25, 0.3) is 0 Å². The van der Waals surface area contributed by atoms with Crippen LogP contribution in [0.1, 0.15) is 40.0 Å². The van der Waals surface area contributed by atoms with Gasteiger partial charge in [-0.3, -0.25) is 0 Å².